The summed E-state index contributed by atoms with van der Waals surface area (Å²) < 4.78 is 1.13. The number of amides is 1. The van der Waals surface area contributed by atoms with Gasteiger partial charge in [0.05, 0.1) is 23.9 Å². The average molecular weight is 291 g/mol. The van der Waals surface area contributed by atoms with Crippen LogP contribution in [0.5, 0.6) is 0 Å². The third-order valence-electron chi connectivity index (χ3n) is 3.13. The molecule has 3 N–H and O–H groups in total. The van der Waals surface area contributed by atoms with Crippen molar-refractivity contribution in [3.63, 3.8) is 0 Å². The molecule has 1 amide bonds. The Morgan fingerprint density at radius 2 is 2.00 bits per heavy atom. The van der Waals surface area contributed by atoms with Crippen LogP contribution in [0.4, 0.5) is 0 Å². The molecule has 2 aromatic rings. The van der Waals surface area contributed by atoms with Gasteiger partial charge in [0.1, 0.15) is 0 Å². The second-order valence-corrected chi connectivity index (χ2v) is 4.84. The fourth-order valence-corrected chi connectivity index (χ4v) is 2.01. The molecule has 0 saturated heterocycles. The molecule has 112 valence electrons. The molecule has 1 heterocycles. The lowest BCUT2D eigenvalue weighted by atomic mass is 10.2. The van der Waals surface area contributed by atoms with Crippen LogP contribution in [0.2, 0.25) is 0 Å². The average Bonchev–Trinajstić information content (AvgIpc) is 2.49. The first-order valence-corrected chi connectivity index (χ1v) is 6.65. The number of aromatic nitrogens is 2. The first-order valence-electron chi connectivity index (χ1n) is 6.65. The van der Waals surface area contributed by atoms with Crippen LogP contribution in [-0.4, -0.2) is 33.4 Å². The topological polar surface area (TPSA) is 104 Å². The molecule has 7 nitrogen and oxygen atoms in total. The van der Waals surface area contributed by atoms with Crippen molar-refractivity contribution in [3.05, 3.63) is 45.0 Å². The summed E-state index contributed by atoms with van der Waals surface area (Å²) in [6.07, 6.45) is 0.0402. The summed E-state index contributed by atoms with van der Waals surface area (Å²) in [5, 5.41) is 14.5. The summed E-state index contributed by atoms with van der Waals surface area (Å²) >= 11 is 0. The zero-order valence-electron chi connectivity index (χ0n) is 11.6. The number of nitrogens with zero attached hydrogens (tertiary/aromatic N) is 1. The molecule has 0 aliphatic rings. The number of hydrogen-bond acceptors (Lipinski definition) is 4. The van der Waals surface area contributed by atoms with Crippen LogP contribution in [0.15, 0.2) is 33.9 Å². The zero-order valence-corrected chi connectivity index (χ0v) is 11.6. The van der Waals surface area contributed by atoms with E-state index >= 15 is 0 Å². The monoisotopic (exact) mass is 291 g/mol. The van der Waals surface area contributed by atoms with Gasteiger partial charge in [-0.15, -0.1) is 0 Å². The largest absolute Gasteiger partial charge is 0.394 e. The van der Waals surface area contributed by atoms with Gasteiger partial charge in [-0.1, -0.05) is 12.1 Å². The van der Waals surface area contributed by atoms with E-state index in [9.17, 15) is 14.4 Å². The standard InChI is InChI=1S/C14H17N3O4/c1-9(8-18)15-12(19)6-7-17-14(21)11-5-3-2-4-10(11)13(20)16-17/h2-5,9,18H,6-8H2,1H3,(H,15,19)(H,16,20). The Morgan fingerprint density at radius 1 is 1.33 bits per heavy atom. The van der Waals surface area contributed by atoms with Crippen molar-refractivity contribution in [2.75, 3.05) is 6.61 Å². The fourth-order valence-electron chi connectivity index (χ4n) is 2.01. The molecule has 0 aliphatic carbocycles. The number of nitrogens with one attached hydrogen (secondary N) is 2. The number of carbonyl (C=O) groups excluding carboxylic acids is 1. The van der Waals surface area contributed by atoms with E-state index in [-0.39, 0.29) is 42.6 Å². The highest BCUT2D eigenvalue weighted by Crippen LogP contribution is 2.02. The van der Waals surface area contributed by atoms with Crippen molar-refractivity contribution in [2.24, 2.45) is 0 Å². The minimum absolute atomic E-state index is 0.0402. The van der Waals surface area contributed by atoms with Crippen LogP contribution in [-0.2, 0) is 11.3 Å². The van der Waals surface area contributed by atoms with Gasteiger partial charge in [-0.25, -0.2) is 4.68 Å². The Bertz CT molecular complexity index is 763. The van der Waals surface area contributed by atoms with Crippen molar-refractivity contribution in [3.8, 4) is 0 Å². The second kappa shape index (κ2) is 6.36. The van der Waals surface area contributed by atoms with E-state index in [0.717, 1.165) is 4.68 Å². The van der Waals surface area contributed by atoms with E-state index in [1.165, 1.54) is 0 Å². The number of rotatable bonds is 5. The Morgan fingerprint density at radius 3 is 2.67 bits per heavy atom. The number of hydrogen-bond donors (Lipinski definition) is 3. The summed E-state index contributed by atoms with van der Waals surface area (Å²) in [4.78, 5) is 35.7. The summed E-state index contributed by atoms with van der Waals surface area (Å²) in [5.41, 5.74) is -0.706. The molecule has 1 aromatic carbocycles. The second-order valence-electron chi connectivity index (χ2n) is 4.84. The van der Waals surface area contributed by atoms with Crippen LogP contribution in [0.3, 0.4) is 0 Å². The summed E-state index contributed by atoms with van der Waals surface area (Å²) in [6, 6.07) is 6.19. The van der Waals surface area contributed by atoms with Gasteiger partial charge in [-0.2, -0.15) is 0 Å². The maximum Gasteiger partial charge on any atom is 0.273 e. The predicted molar refractivity (Wildman–Crippen MR) is 78.1 cm³/mol. The maximum absolute atomic E-state index is 12.2. The van der Waals surface area contributed by atoms with Crippen molar-refractivity contribution >= 4 is 16.7 Å². The molecule has 2 rings (SSSR count). The summed E-state index contributed by atoms with van der Waals surface area (Å²) in [7, 11) is 0. The van der Waals surface area contributed by atoms with Gasteiger partial charge in [-0.05, 0) is 19.1 Å². The van der Waals surface area contributed by atoms with Gasteiger partial charge >= 0.3 is 0 Å². The number of H-pyrrole nitrogens is 1. The van der Waals surface area contributed by atoms with Crippen molar-refractivity contribution < 1.29 is 9.90 Å². The highest BCUT2D eigenvalue weighted by molar-refractivity contribution is 5.80. The minimum Gasteiger partial charge on any atom is -0.394 e. The third-order valence-corrected chi connectivity index (χ3v) is 3.13. The Hall–Kier alpha value is -2.41. The van der Waals surface area contributed by atoms with Crippen LogP contribution in [0.25, 0.3) is 10.8 Å². The van der Waals surface area contributed by atoms with Crippen LogP contribution >= 0.6 is 0 Å². The van der Waals surface area contributed by atoms with Gasteiger partial charge in [0.25, 0.3) is 11.1 Å². The number of carbonyl (C=O) groups is 1. The fraction of sp³-hybridized carbons (Fsp3) is 0.357. The summed E-state index contributed by atoms with van der Waals surface area (Å²) in [6.45, 7) is 1.59. The molecule has 7 heteroatoms. The van der Waals surface area contributed by atoms with E-state index < -0.39 is 0 Å². The summed E-state index contributed by atoms with van der Waals surface area (Å²) in [5.74, 6) is -0.294. The number of aromatic amines is 1. The SMILES string of the molecule is CC(CO)NC(=O)CCn1[nH]c(=O)c2ccccc2c1=O. The number of benzene rings is 1. The number of aryl methyl sites for hydroxylation is 1. The van der Waals surface area contributed by atoms with Crippen LogP contribution in [0.1, 0.15) is 13.3 Å². The van der Waals surface area contributed by atoms with Crippen molar-refractivity contribution in [1.82, 2.24) is 15.1 Å². The molecule has 0 bridgehead atoms. The van der Waals surface area contributed by atoms with Crippen LogP contribution < -0.4 is 16.4 Å². The van der Waals surface area contributed by atoms with E-state index in [2.05, 4.69) is 10.4 Å². The molecule has 21 heavy (non-hydrogen) atoms. The van der Waals surface area contributed by atoms with Crippen molar-refractivity contribution in [2.45, 2.75) is 25.9 Å². The number of aliphatic hydroxyl groups is 1. The third kappa shape index (κ3) is 3.38. The number of fused-ring (bicyclic) bond motifs is 1. The Kier molecular flexibility index (Phi) is 4.54. The van der Waals surface area contributed by atoms with Gasteiger partial charge < -0.3 is 10.4 Å². The van der Waals surface area contributed by atoms with Gasteiger partial charge in [0.15, 0.2) is 0 Å². The first kappa shape index (κ1) is 15.0. The molecule has 1 aromatic heterocycles. The van der Waals surface area contributed by atoms with E-state index in [4.69, 9.17) is 5.11 Å². The van der Waals surface area contributed by atoms with Gasteiger partial charge in [-0.3, -0.25) is 19.5 Å². The molecular weight excluding hydrogens is 274 g/mol. The first-order chi connectivity index (χ1) is 10.0. The van der Waals surface area contributed by atoms with Crippen molar-refractivity contribution in [1.29, 1.82) is 0 Å². The molecule has 1 unspecified atom stereocenters. The lowest BCUT2D eigenvalue weighted by Crippen LogP contribution is -2.37. The Balaban J connectivity index is 2.20. The lowest BCUT2D eigenvalue weighted by molar-refractivity contribution is -0.122. The predicted octanol–water partition coefficient (Wildman–Crippen LogP) is -0.423. The molecule has 0 radical (unpaired) electrons. The van der Waals surface area contributed by atoms with E-state index in [1.807, 2.05) is 0 Å². The highest BCUT2D eigenvalue weighted by atomic mass is 16.3. The minimum atomic E-state index is -0.366. The zero-order chi connectivity index (χ0) is 15.4. The van der Waals surface area contributed by atoms with Gasteiger partial charge in [0.2, 0.25) is 5.91 Å². The molecule has 0 aliphatic heterocycles. The quantitative estimate of drug-likeness (QED) is 0.695. The normalized spacial score (nSPS) is 12.3. The molecule has 0 spiro atoms. The van der Waals surface area contributed by atoms with Crippen LogP contribution in [0, 0.1) is 0 Å². The van der Waals surface area contributed by atoms with E-state index in [0.29, 0.717) is 10.8 Å². The molecule has 1 atom stereocenters. The molecule has 0 fully saturated rings. The smallest absolute Gasteiger partial charge is 0.273 e. The maximum atomic E-state index is 12.2. The lowest BCUT2D eigenvalue weighted by Gasteiger charge is -2.11. The highest BCUT2D eigenvalue weighted by Gasteiger charge is 2.09. The Labute approximate surface area is 120 Å². The van der Waals surface area contributed by atoms with E-state index in [1.54, 1.807) is 31.2 Å². The molecular formula is C14H17N3O4. The number of aliphatic hydroxyl groups excluding tert-OH is 1. The van der Waals surface area contributed by atoms with Gasteiger partial charge in [0, 0.05) is 12.5 Å². The molecule has 0 saturated carbocycles.